The lowest BCUT2D eigenvalue weighted by atomic mass is 9.90. The van der Waals surface area contributed by atoms with Crippen molar-refractivity contribution in [3.63, 3.8) is 0 Å². The molecule has 2 rings (SSSR count). The number of urea groups is 1. The zero-order valence-corrected chi connectivity index (χ0v) is 9.70. The molecule has 3 amide bonds. The third-order valence-electron chi connectivity index (χ3n) is 3.26. The molecule has 6 heteroatoms. The van der Waals surface area contributed by atoms with Gasteiger partial charge in [0.15, 0.2) is 0 Å². The number of amides is 3. The topological polar surface area (TPSA) is 84.7 Å². The Morgan fingerprint density at radius 1 is 1.47 bits per heavy atom. The molecule has 0 aromatic heterocycles. The van der Waals surface area contributed by atoms with Gasteiger partial charge in [-0.1, -0.05) is 6.58 Å². The van der Waals surface area contributed by atoms with Crippen molar-refractivity contribution in [3.05, 3.63) is 12.2 Å². The lowest BCUT2D eigenvalue weighted by Gasteiger charge is -2.30. The molecule has 0 aromatic rings. The van der Waals surface area contributed by atoms with E-state index >= 15 is 0 Å². The van der Waals surface area contributed by atoms with Crippen molar-refractivity contribution in [3.8, 4) is 0 Å². The van der Waals surface area contributed by atoms with Crippen LogP contribution in [0.1, 0.15) is 12.8 Å². The molecule has 94 valence electrons. The Morgan fingerprint density at radius 3 is 2.71 bits per heavy atom. The second kappa shape index (κ2) is 4.46. The minimum atomic E-state index is -0.760. The van der Waals surface area contributed by atoms with Crippen molar-refractivity contribution in [2.45, 2.75) is 18.4 Å². The van der Waals surface area contributed by atoms with Crippen molar-refractivity contribution in [2.24, 2.45) is 5.73 Å². The molecule has 0 aromatic carbocycles. The summed E-state index contributed by atoms with van der Waals surface area (Å²) in [5.41, 5.74) is 5.33. The summed E-state index contributed by atoms with van der Waals surface area (Å²) in [6, 6.07) is -0.355. The van der Waals surface area contributed by atoms with E-state index < -0.39 is 5.54 Å². The van der Waals surface area contributed by atoms with Crippen molar-refractivity contribution in [2.75, 3.05) is 26.3 Å². The summed E-state index contributed by atoms with van der Waals surface area (Å²) in [6.45, 7) is 5.18. The van der Waals surface area contributed by atoms with Crippen LogP contribution in [0, 0.1) is 0 Å². The highest BCUT2D eigenvalue weighted by Crippen LogP contribution is 2.28. The van der Waals surface area contributed by atoms with Gasteiger partial charge < -0.3 is 15.8 Å². The number of carbonyl (C=O) groups is 2. The van der Waals surface area contributed by atoms with Crippen LogP contribution >= 0.6 is 0 Å². The molecule has 6 nitrogen and oxygen atoms in total. The summed E-state index contributed by atoms with van der Waals surface area (Å²) in [7, 11) is 0. The van der Waals surface area contributed by atoms with Gasteiger partial charge in [-0.2, -0.15) is 0 Å². The molecule has 0 aliphatic carbocycles. The first-order valence-electron chi connectivity index (χ1n) is 5.68. The first-order chi connectivity index (χ1) is 8.09. The third kappa shape index (κ3) is 2.05. The Bertz CT molecular complexity index is 361. The van der Waals surface area contributed by atoms with Crippen LogP contribution in [0.5, 0.6) is 0 Å². The van der Waals surface area contributed by atoms with Gasteiger partial charge in [0.25, 0.3) is 5.91 Å². The van der Waals surface area contributed by atoms with E-state index in [0.29, 0.717) is 31.6 Å². The summed E-state index contributed by atoms with van der Waals surface area (Å²) in [5, 5.41) is 2.77. The van der Waals surface area contributed by atoms with Crippen LogP contribution in [0.3, 0.4) is 0 Å². The van der Waals surface area contributed by atoms with Crippen LogP contribution in [0.15, 0.2) is 12.2 Å². The summed E-state index contributed by atoms with van der Waals surface area (Å²) < 4.78 is 5.22. The Labute approximate surface area is 99.8 Å². The van der Waals surface area contributed by atoms with Crippen LogP contribution in [0.4, 0.5) is 4.79 Å². The predicted molar refractivity (Wildman–Crippen MR) is 61.2 cm³/mol. The Balaban J connectivity index is 2.13. The standard InChI is InChI=1S/C11H17N3O3/c1-8(6-12)7-14-9(15)11(13-10(14)16)2-4-17-5-3-11/h1-7,12H2,(H,13,16). The van der Waals surface area contributed by atoms with Gasteiger partial charge in [0.2, 0.25) is 0 Å². The molecule has 0 unspecified atom stereocenters. The van der Waals surface area contributed by atoms with Crippen LogP contribution in [0.2, 0.25) is 0 Å². The highest BCUT2D eigenvalue weighted by atomic mass is 16.5. The lowest BCUT2D eigenvalue weighted by Crippen LogP contribution is -2.51. The van der Waals surface area contributed by atoms with E-state index in [4.69, 9.17) is 10.5 Å². The zero-order chi connectivity index (χ0) is 12.5. The van der Waals surface area contributed by atoms with E-state index in [9.17, 15) is 9.59 Å². The maximum atomic E-state index is 12.2. The molecule has 1 spiro atoms. The highest BCUT2D eigenvalue weighted by molar-refractivity contribution is 6.07. The van der Waals surface area contributed by atoms with Gasteiger partial charge in [0.1, 0.15) is 5.54 Å². The van der Waals surface area contributed by atoms with Gasteiger partial charge in [-0.15, -0.1) is 0 Å². The van der Waals surface area contributed by atoms with Crippen LogP contribution in [0.25, 0.3) is 0 Å². The molecule has 2 aliphatic heterocycles. The largest absolute Gasteiger partial charge is 0.381 e. The number of nitrogens with one attached hydrogen (secondary N) is 1. The molecular formula is C11H17N3O3. The van der Waals surface area contributed by atoms with E-state index in [1.807, 2.05) is 0 Å². The average molecular weight is 239 g/mol. The lowest BCUT2D eigenvalue weighted by molar-refractivity contribution is -0.134. The minimum Gasteiger partial charge on any atom is -0.381 e. The number of carbonyl (C=O) groups excluding carboxylic acids is 2. The molecule has 0 saturated carbocycles. The molecule has 0 atom stereocenters. The number of hydrogen-bond acceptors (Lipinski definition) is 4. The van der Waals surface area contributed by atoms with Gasteiger partial charge in [-0.25, -0.2) is 4.79 Å². The second-order valence-corrected chi connectivity index (χ2v) is 4.47. The fourth-order valence-corrected chi connectivity index (χ4v) is 2.17. The summed E-state index contributed by atoms with van der Waals surface area (Å²) in [4.78, 5) is 25.2. The van der Waals surface area contributed by atoms with E-state index in [2.05, 4.69) is 11.9 Å². The SMILES string of the molecule is C=C(CN)CN1C(=O)NC2(CCOCC2)C1=O. The van der Waals surface area contributed by atoms with Crippen molar-refractivity contribution < 1.29 is 14.3 Å². The normalized spacial score (nSPS) is 23.0. The van der Waals surface area contributed by atoms with Gasteiger partial charge in [0, 0.05) is 32.6 Å². The maximum Gasteiger partial charge on any atom is 0.325 e. The Morgan fingerprint density at radius 2 is 2.12 bits per heavy atom. The molecule has 17 heavy (non-hydrogen) atoms. The molecule has 3 N–H and O–H groups in total. The quantitative estimate of drug-likeness (QED) is 0.518. The van der Waals surface area contributed by atoms with Crippen LogP contribution in [-0.4, -0.2) is 48.7 Å². The summed E-state index contributed by atoms with van der Waals surface area (Å²) in [5.74, 6) is -0.180. The first kappa shape index (κ1) is 12.1. The Hall–Kier alpha value is -1.40. The van der Waals surface area contributed by atoms with Gasteiger partial charge in [-0.05, 0) is 5.57 Å². The molecule has 0 radical (unpaired) electrons. The number of imide groups is 1. The van der Waals surface area contributed by atoms with Crippen molar-refractivity contribution >= 4 is 11.9 Å². The zero-order valence-electron chi connectivity index (χ0n) is 9.70. The van der Waals surface area contributed by atoms with Gasteiger partial charge >= 0.3 is 6.03 Å². The monoisotopic (exact) mass is 239 g/mol. The molecular weight excluding hydrogens is 222 g/mol. The summed E-state index contributed by atoms with van der Waals surface area (Å²) >= 11 is 0. The summed E-state index contributed by atoms with van der Waals surface area (Å²) in [6.07, 6.45) is 1.06. The molecule has 2 aliphatic rings. The van der Waals surface area contributed by atoms with Crippen molar-refractivity contribution in [1.82, 2.24) is 10.2 Å². The Kier molecular flexibility index (Phi) is 3.17. The van der Waals surface area contributed by atoms with E-state index in [0.717, 1.165) is 0 Å². The number of rotatable bonds is 3. The van der Waals surface area contributed by atoms with Crippen molar-refractivity contribution in [1.29, 1.82) is 0 Å². The van der Waals surface area contributed by atoms with Gasteiger partial charge in [-0.3, -0.25) is 9.69 Å². The van der Waals surface area contributed by atoms with E-state index in [1.165, 1.54) is 4.90 Å². The maximum absolute atomic E-state index is 12.2. The average Bonchev–Trinajstić information content (AvgIpc) is 2.55. The number of ether oxygens (including phenoxy) is 1. The minimum absolute atomic E-state index is 0.180. The molecule has 2 saturated heterocycles. The van der Waals surface area contributed by atoms with E-state index in [-0.39, 0.29) is 25.0 Å². The number of hydrogen-bond donors (Lipinski definition) is 2. The fraction of sp³-hybridized carbons (Fsp3) is 0.636. The third-order valence-corrected chi connectivity index (χ3v) is 3.26. The smallest absolute Gasteiger partial charge is 0.325 e. The number of nitrogens with two attached hydrogens (primary N) is 1. The van der Waals surface area contributed by atoms with Crippen LogP contribution in [-0.2, 0) is 9.53 Å². The highest BCUT2D eigenvalue weighted by Gasteiger charge is 2.51. The van der Waals surface area contributed by atoms with Crippen LogP contribution < -0.4 is 11.1 Å². The van der Waals surface area contributed by atoms with E-state index in [1.54, 1.807) is 0 Å². The fourth-order valence-electron chi connectivity index (χ4n) is 2.17. The number of nitrogens with zero attached hydrogens (tertiary/aromatic N) is 1. The molecule has 0 bridgehead atoms. The predicted octanol–water partition coefficient (Wildman–Crippen LogP) is -0.398. The second-order valence-electron chi connectivity index (χ2n) is 4.47. The molecule has 2 fully saturated rings. The first-order valence-corrected chi connectivity index (χ1v) is 5.68. The van der Waals surface area contributed by atoms with Gasteiger partial charge in [0.05, 0.1) is 6.54 Å². The molecule has 2 heterocycles.